The highest BCUT2D eigenvalue weighted by atomic mass is 16.7. The van der Waals surface area contributed by atoms with Crippen LogP contribution in [-0.2, 0) is 35.1 Å². The molecule has 0 saturated carbocycles. The van der Waals surface area contributed by atoms with E-state index in [-0.39, 0.29) is 24.3 Å². The Hall–Kier alpha value is -4.05. The standard InChI is InChI=1S/C29H28O9/c1-19(30)34-18-23-24(35-17-20-11-5-2-6-12-20)25(37-27(31)21-13-7-3-8-14-21)26(29(33)36-23)38-28(32)22-15-9-4-10-16-22/h2-16,23-26,29,33H,17-18H2,1H3/t23-,24-,25+,26-,29-/m1/s1. The van der Waals surface area contributed by atoms with Crippen LogP contribution < -0.4 is 0 Å². The number of carbonyl (C=O) groups is 3. The van der Waals surface area contributed by atoms with Crippen LogP contribution in [0.2, 0.25) is 0 Å². The Balaban J connectivity index is 1.65. The SMILES string of the molecule is CC(=O)OC[C@H]1O[C@@H](O)[C@H](OC(=O)c2ccccc2)[C@@H](OC(=O)c2ccccc2)[C@@H]1OCc1ccccc1. The van der Waals surface area contributed by atoms with Crippen LogP contribution in [0.15, 0.2) is 91.0 Å². The van der Waals surface area contributed by atoms with Crippen LogP contribution in [0.25, 0.3) is 0 Å². The van der Waals surface area contributed by atoms with Gasteiger partial charge in [0.25, 0.3) is 0 Å². The molecule has 1 aliphatic heterocycles. The minimum Gasteiger partial charge on any atom is -0.463 e. The molecule has 3 aromatic carbocycles. The van der Waals surface area contributed by atoms with Crippen LogP contribution in [-0.4, -0.2) is 60.3 Å². The Morgan fingerprint density at radius 3 is 1.76 bits per heavy atom. The fourth-order valence-corrected chi connectivity index (χ4v) is 3.99. The topological polar surface area (TPSA) is 118 Å². The Bertz CT molecular complexity index is 1200. The predicted molar refractivity (Wildman–Crippen MR) is 134 cm³/mol. The van der Waals surface area contributed by atoms with Crippen LogP contribution in [0, 0.1) is 0 Å². The van der Waals surface area contributed by atoms with Crippen molar-refractivity contribution in [2.75, 3.05) is 6.61 Å². The number of aliphatic hydroxyl groups excluding tert-OH is 1. The van der Waals surface area contributed by atoms with Gasteiger partial charge in [0.1, 0.15) is 18.8 Å². The molecule has 0 amide bonds. The normalized spacial score (nSPS) is 22.7. The van der Waals surface area contributed by atoms with Crippen LogP contribution in [0.4, 0.5) is 0 Å². The third-order valence-electron chi connectivity index (χ3n) is 5.85. The molecule has 9 nitrogen and oxygen atoms in total. The Morgan fingerprint density at radius 1 is 0.737 bits per heavy atom. The molecule has 5 atom stereocenters. The third-order valence-corrected chi connectivity index (χ3v) is 5.85. The van der Waals surface area contributed by atoms with E-state index < -0.39 is 48.6 Å². The third kappa shape index (κ3) is 7.04. The Labute approximate surface area is 219 Å². The molecule has 38 heavy (non-hydrogen) atoms. The lowest BCUT2D eigenvalue weighted by Crippen LogP contribution is -2.62. The molecular weight excluding hydrogens is 492 g/mol. The first kappa shape index (κ1) is 27.0. The van der Waals surface area contributed by atoms with Gasteiger partial charge >= 0.3 is 17.9 Å². The average molecular weight is 521 g/mol. The first-order valence-corrected chi connectivity index (χ1v) is 12.1. The highest BCUT2D eigenvalue weighted by Crippen LogP contribution is 2.30. The Morgan fingerprint density at radius 2 is 1.24 bits per heavy atom. The van der Waals surface area contributed by atoms with E-state index in [0.717, 1.165) is 5.56 Å². The quantitative estimate of drug-likeness (QED) is 0.335. The zero-order chi connectivity index (χ0) is 26.9. The van der Waals surface area contributed by atoms with Gasteiger partial charge in [-0.1, -0.05) is 66.7 Å². The maximum atomic E-state index is 13.1. The maximum Gasteiger partial charge on any atom is 0.338 e. The van der Waals surface area contributed by atoms with Crippen LogP contribution >= 0.6 is 0 Å². The summed E-state index contributed by atoms with van der Waals surface area (Å²) in [7, 11) is 0. The fraction of sp³-hybridized carbons (Fsp3) is 0.276. The van der Waals surface area contributed by atoms with Crippen molar-refractivity contribution in [3.8, 4) is 0 Å². The molecule has 9 heteroatoms. The molecule has 4 rings (SSSR count). The van der Waals surface area contributed by atoms with Gasteiger partial charge in [-0.3, -0.25) is 4.79 Å². The van der Waals surface area contributed by atoms with Gasteiger partial charge in [0.2, 0.25) is 0 Å². The van der Waals surface area contributed by atoms with Crippen molar-refractivity contribution in [3.05, 3.63) is 108 Å². The minimum absolute atomic E-state index is 0.0836. The zero-order valence-electron chi connectivity index (χ0n) is 20.7. The summed E-state index contributed by atoms with van der Waals surface area (Å²) >= 11 is 0. The van der Waals surface area contributed by atoms with Gasteiger partial charge in [-0.05, 0) is 29.8 Å². The van der Waals surface area contributed by atoms with Crippen molar-refractivity contribution < 1.29 is 43.2 Å². The number of ether oxygens (including phenoxy) is 5. The Kier molecular flexibility index (Phi) is 9.21. The van der Waals surface area contributed by atoms with E-state index in [2.05, 4.69) is 0 Å². The molecule has 0 aliphatic carbocycles. The average Bonchev–Trinajstić information content (AvgIpc) is 2.94. The summed E-state index contributed by atoms with van der Waals surface area (Å²) in [6.45, 7) is 1.03. The lowest BCUT2D eigenvalue weighted by atomic mass is 9.98. The molecule has 1 saturated heterocycles. The molecule has 198 valence electrons. The number of esters is 3. The molecule has 0 bridgehead atoms. The van der Waals surface area contributed by atoms with Crippen LogP contribution in [0.3, 0.4) is 0 Å². The van der Waals surface area contributed by atoms with E-state index in [0.29, 0.717) is 0 Å². The second-order valence-electron chi connectivity index (χ2n) is 8.60. The molecule has 0 aromatic heterocycles. The number of rotatable bonds is 9. The molecule has 3 aromatic rings. The van der Waals surface area contributed by atoms with E-state index in [1.807, 2.05) is 30.3 Å². The van der Waals surface area contributed by atoms with E-state index in [1.54, 1.807) is 60.7 Å². The molecule has 1 aliphatic rings. The van der Waals surface area contributed by atoms with E-state index >= 15 is 0 Å². The molecular formula is C29H28O9. The highest BCUT2D eigenvalue weighted by molar-refractivity contribution is 5.90. The molecule has 0 radical (unpaired) electrons. The van der Waals surface area contributed by atoms with Crippen molar-refractivity contribution in [2.24, 2.45) is 0 Å². The van der Waals surface area contributed by atoms with Gasteiger partial charge in [-0.15, -0.1) is 0 Å². The number of hydrogen-bond acceptors (Lipinski definition) is 9. The highest BCUT2D eigenvalue weighted by Gasteiger charge is 2.51. The van der Waals surface area contributed by atoms with Gasteiger partial charge in [-0.25, -0.2) is 9.59 Å². The van der Waals surface area contributed by atoms with E-state index in [1.165, 1.54) is 6.92 Å². The maximum absolute atomic E-state index is 13.1. The van der Waals surface area contributed by atoms with E-state index in [4.69, 9.17) is 23.7 Å². The van der Waals surface area contributed by atoms with Gasteiger partial charge in [-0.2, -0.15) is 0 Å². The van der Waals surface area contributed by atoms with Crippen molar-refractivity contribution in [2.45, 2.75) is 44.2 Å². The van der Waals surface area contributed by atoms with Crippen molar-refractivity contribution in [1.29, 1.82) is 0 Å². The molecule has 1 fully saturated rings. The molecule has 1 heterocycles. The first-order chi connectivity index (χ1) is 18.4. The minimum atomic E-state index is -1.70. The lowest BCUT2D eigenvalue weighted by molar-refractivity contribution is -0.294. The largest absolute Gasteiger partial charge is 0.463 e. The van der Waals surface area contributed by atoms with Gasteiger partial charge in [0.05, 0.1) is 17.7 Å². The van der Waals surface area contributed by atoms with Gasteiger partial charge in [0.15, 0.2) is 18.5 Å². The van der Waals surface area contributed by atoms with Crippen LogP contribution in [0.1, 0.15) is 33.2 Å². The molecule has 0 unspecified atom stereocenters. The summed E-state index contributed by atoms with van der Waals surface area (Å²) in [6, 6.07) is 25.6. The molecule has 1 N–H and O–H groups in total. The van der Waals surface area contributed by atoms with Gasteiger partial charge in [0, 0.05) is 6.92 Å². The lowest BCUT2D eigenvalue weighted by Gasteiger charge is -2.43. The summed E-state index contributed by atoms with van der Waals surface area (Å²) in [5.41, 5.74) is 1.30. The van der Waals surface area contributed by atoms with E-state index in [9.17, 15) is 19.5 Å². The van der Waals surface area contributed by atoms with Crippen LogP contribution in [0.5, 0.6) is 0 Å². The summed E-state index contributed by atoms with van der Waals surface area (Å²) in [4.78, 5) is 37.5. The van der Waals surface area contributed by atoms with Gasteiger partial charge < -0.3 is 28.8 Å². The zero-order valence-corrected chi connectivity index (χ0v) is 20.7. The van der Waals surface area contributed by atoms with Crippen molar-refractivity contribution in [1.82, 2.24) is 0 Å². The smallest absolute Gasteiger partial charge is 0.338 e. The predicted octanol–water partition coefficient (Wildman–Crippen LogP) is 3.30. The monoisotopic (exact) mass is 520 g/mol. The summed E-state index contributed by atoms with van der Waals surface area (Å²) in [5, 5.41) is 10.9. The second-order valence-corrected chi connectivity index (χ2v) is 8.60. The summed E-state index contributed by atoms with van der Waals surface area (Å²) in [6.07, 6.45) is -6.54. The van der Waals surface area contributed by atoms with Crippen molar-refractivity contribution >= 4 is 17.9 Å². The number of hydrogen-bond donors (Lipinski definition) is 1. The molecule has 0 spiro atoms. The summed E-state index contributed by atoms with van der Waals surface area (Å²) < 4.78 is 28.4. The first-order valence-electron chi connectivity index (χ1n) is 12.1. The van der Waals surface area contributed by atoms with Crippen molar-refractivity contribution in [3.63, 3.8) is 0 Å². The number of aliphatic hydroxyl groups is 1. The summed E-state index contributed by atoms with van der Waals surface area (Å²) in [5.74, 6) is -2.04. The number of carbonyl (C=O) groups excluding carboxylic acids is 3. The fourth-order valence-electron chi connectivity index (χ4n) is 3.99. The number of benzene rings is 3. The second kappa shape index (κ2) is 13.0.